The number of carbonyl (C=O) groups is 2. The van der Waals surface area contributed by atoms with E-state index in [2.05, 4.69) is 0 Å². The highest BCUT2D eigenvalue weighted by Gasteiger charge is 2.29. The first-order valence-corrected chi connectivity index (χ1v) is 7.82. The molecule has 0 saturated heterocycles. The number of hydrogen-bond acceptors (Lipinski definition) is 4. The van der Waals surface area contributed by atoms with Crippen molar-refractivity contribution in [3.05, 3.63) is 89.0 Å². The molecule has 0 atom stereocenters. The summed E-state index contributed by atoms with van der Waals surface area (Å²) in [5.74, 6) is 1.56. The molecule has 3 aromatic rings. The number of rotatable bonds is 3. The third-order valence-corrected chi connectivity index (χ3v) is 4.19. The van der Waals surface area contributed by atoms with Crippen LogP contribution in [0.25, 0.3) is 0 Å². The van der Waals surface area contributed by atoms with Gasteiger partial charge in [0.2, 0.25) is 0 Å². The van der Waals surface area contributed by atoms with E-state index in [1.807, 2.05) is 0 Å². The summed E-state index contributed by atoms with van der Waals surface area (Å²) in [6.07, 6.45) is 0. The van der Waals surface area contributed by atoms with Crippen molar-refractivity contribution in [3.63, 3.8) is 0 Å². The van der Waals surface area contributed by atoms with Gasteiger partial charge >= 0.3 is 0 Å². The van der Waals surface area contributed by atoms with Crippen LogP contribution in [0.15, 0.2) is 66.7 Å². The zero-order valence-corrected chi connectivity index (χ0v) is 13.5. The second-order valence-electron chi connectivity index (χ2n) is 5.69. The third-order valence-electron chi connectivity index (χ3n) is 4.19. The van der Waals surface area contributed by atoms with Crippen LogP contribution in [0.1, 0.15) is 31.8 Å². The van der Waals surface area contributed by atoms with Gasteiger partial charge in [-0.1, -0.05) is 24.3 Å². The van der Waals surface area contributed by atoms with E-state index >= 15 is 0 Å². The van der Waals surface area contributed by atoms with E-state index in [-0.39, 0.29) is 11.6 Å². The van der Waals surface area contributed by atoms with Gasteiger partial charge in [0.25, 0.3) is 0 Å². The fourth-order valence-corrected chi connectivity index (χ4v) is 2.92. The predicted molar refractivity (Wildman–Crippen MR) is 92.8 cm³/mol. The van der Waals surface area contributed by atoms with E-state index in [1.165, 1.54) is 0 Å². The van der Waals surface area contributed by atoms with Crippen LogP contribution in [-0.4, -0.2) is 18.7 Å². The van der Waals surface area contributed by atoms with Crippen molar-refractivity contribution in [2.24, 2.45) is 0 Å². The number of carbonyl (C=O) groups excluding carboxylic acids is 2. The van der Waals surface area contributed by atoms with Gasteiger partial charge in [-0.3, -0.25) is 9.59 Å². The van der Waals surface area contributed by atoms with Crippen LogP contribution in [0, 0.1) is 0 Å². The van der Waals surface area contributed by atoms with E-state index in [9.17, 15) is 9.59 Å². The van der Waals surface area contributed by atoms with Crippen molar-refractivity contribution in [1.82, 2.24) is 0 Å². The lowest BCUT2D eigenvalue weighted by atomic mass is 9.84. The molecule has 4 heteroatoms. The Kier molecular flexibility index (Phi) is 3.58. The Morgan fingerprint density at radius 2 is 1.12 bits per heavy atom. The van der Waals surface area contributed by atoms with Crippen LogP contribution in [0.3, 0.4) is 0 Å². The zero-order valence-electron chi connectivity index (χ0n) is 13.5. The lowest BCUT2D eigenvalue weighted by Gasteiger charge is -2.18. The first-order chi connectivity index (χ1) is 12.2. The smallest absolute Gasteiger partial charge is 0.194 e. The molecular weight excluding hydrogens is 316 g/mol. The number of benzene rings is 3. The van der Waals surface area contributed by atoms with E-state index in [0.717, 1.165) is 5.75 Å². The maximum absolute atomic E-state index is 12.7. The highest BCUT2D eigenvalue weighted by molar-refractivity contribution is 6.28. The van der Waals surface area contributed by atoms with Crippen molar-refractivity contribution < 1.29 is 19.1 Å². The summed E-state index contributed by atoms with van der Waals surface area (Å²) in [5, 5.41) is 0. The lowest BCUT2D eigenvalue weighted by Crippen LogP contribution is -2.20. The molecule has 0 amide bonds. The molecule has 25 heavy (non-hydrogen) atoms. The summed E-state index contributed by atoms with van der Waals surface area (Å²) in [5.41, 5.74) is 1.66. The minimum atomic E-state index is -0.162. The molecule has 0 spiro atoms. The second kappa shape index (κ2) is 5.91. The maximum Gasteiger partial charge on any atom is 0.194 e. The second-order valence-corrected chi connectivity index (χ2v) is 5.69. The Bertz CT molecular complexity index is 987. The molecule has 0 bridgehead atoms. The van der Waals surface area contributed by atoms with Gasteiger partial charge in [0.15, 0.2) is 11.6 Å². The van der Waals surface area contributed by atoms with Crippen molar-refractivity contribution >= 4 is 11.6 Å². The van der Waals surface area contributed by atoms with Crippen LogP contribution in [0.4, 0.5) is 0 Å². The quantitative estimate of drug-likeness (QED) is 0.563. The van der Waals surface area contributed by atoms with Gasteiger partial charge in [0.05, 0.1) is 7.11 Å². The molecule has 122 valence electrons. The van der Waals surface area contributed by atoms with Gasteiger partial charge in [-0.2, -0.15) is 0 Å². The van der Waals surface area contributed by atoms with E-state index in [0.29, 0.717) is 33.8 Å². The van der Waals surface area contributed by atoms with Crippen molar-refractivity contribution in [2.75, 3.05) is 7.11 Å². The molecule has 0 aromatic heterocycles. The van der Waals surface area contributed by atoms with Crippen LogP contribution in [0.2, 0.25) is 0 Å². The molecule has 4 nitrogen and oxygen atoms in total. The minimum Gasteiger partial charge on any atom is -0.497 e. The summed E-state index contributed by atoms with van der Waals surface area (Å²) in [6.45, 7) is 0. The van der Waals surface area contributed by atoms with Crippen molar-refractivity contribution in [2.45, 2.75) is 0 Å². The minimum absolute atomic E-state index is 0.138. The summed E-state index contributed by atoms with van der Waals surface area (Å²) in [6, 6.07) is 19.0. The van der Waals surface area contributed by atoms with Crippen LogP contribution < -0.4 is 9.47 Å². The van der Waals surface area contributed by atoms with Crippen LogP contribution in [-0.2, 0) is 0 Å². The lowest BCUT2D eigenvalue weighted by molar-refractivity contribution is 0.0979. The fourth-order valence-electron chi connectivity index (χ4n) is 2.92. The number of fused-ring (bicyclic) bond motifs is 2. The highest BCUT2D eigenvalue weighted by Crippen LogP contribution is 2.31. The van der Waals surface area contributed by atoms with Gasteiger partial charge in [-0.25, -0.2) is 0 Å². The molecule has 1 aliphatic carbocycles. The van der Waals surface area contributed by atoms with Crippen LogP contribution in [0.5, 0.6) is 17.2 Å². The molecule has 0 unspecified atom stereocenters. The fraction of sp³-hybridized carbons (Fsp3) is 0.0476. The first-order valence-electron chi connectivity index (χ1n) is 7.82. The molecule has 1 aliphatic rings. The molecule has 3 aromatic carbocycles. The third kappa shape index (κ3) is 2.58. The molecule has 0 fully saturated rings. The van der Waals surface area contributed by atoms with Crippen LogP contribution >= 0.6 is 0 Å². The van der Waals surface area contributed by atoms with Gasteiger partial charge < -0.3 is 9.47 Å². The Morgan fingerprint density at radius 1 is 0.600 bits per heavy atom. The molecule has 0 N–H and O–H groups in total. The summed E-state index contributed by atoms with van der Waals surface area (Å²) in [4.78, 5) is 25.3. The highest BCUT2D eigenvalue weighted by atomic mass is 16.5. The average molecular weight is 330 g/mol. The Hall–Kier alpha value is -3.40. The maximum atomic E-state index is 12.7. The summed E-state index contributed by atoms with van der Waals surface area (Å²) < 4.78 is 10.9. The molecule has 4 rings (SSSR count). The molecule has 0 radical (unpaired) electrons. The Labute approximate surface area is 144 Å². The van der Waals surface area contributed by atoms with Gasteiger partial charge in [0, 0.05) is 22.3 Å². The monoisotopic (exact) mass is 330 g/mol. The SMILES string of the molecule is COc1ccc(Oc2ccc3c(c2)C(=O)c2ccccc2C3=O)cc1. The predicted octanol–water partition coefficient (Wildman–Crippen LogP) is 4.26. The van der Waals surface area contributed by atoms with Gasteiger partial charge in [-0.15, -0.1) is 0 Å². The van der Waals surface area contributed by atoms with E-state index in [1.54, 1.807) is 73.8 Å². The molecule has 0 aliphatic heterocycles. The average Bonchev–Trinajstić information content (AvgIpc) is 2.67. The zero-order chi connectivity index (χ0) is 17.4. The molecule has 0 saturated carbocycles. The number of ether oxygens (including phenoxy) is 2. The van der Waals surface area contributed by atoms with Crippen molar-refractivity contribution in [1.29, 1.82) is 0 Å². The van der Waals surface area contributed by atoms with Gasteiger partial charge in [0.1, 0.15) is 17.2 Å². The number of hydrogen-bond donors (Lipinski definition) is 0. The van der Waals surface area contributed by atoms with Crippen molar-refractivity contribution in [3.8, 4) is 17.2 Å². The van der Waals surface area contributed by atoms with E-state index in [4.69, 9.17) is 9.47 Å². The summed E-state index contributed by atoms with van der Waals surface area (Å²) in [7, 11) is 1.60. The Balaban J connectivity index is 1.70. The standard InChI is InChI=1S/C21H14O4/c1-24-13-6-8-14(9-7-13)25-15-10-11-18-19(12-15)21(23)17-5-3-2-4-16(17)20(18)22/h2-12H,1H3. The Morgan fingerprint density at radius 3 is 1.76 bits per heavy atom. The number of ketones is 2. The first kappa shape index (κ1) is 15.1. The van der Waals surface area contributed by atoms with Gasteiger partial charge in [-0.05, 0) is 42.5 Å². The molecular formula is C21H14O4. The molecule has 0 heterocycles. The van der Waals surface area contributed by atoms with E-state index < -0.39 is 0 Å². The number of methoxy groups -OCH3 is 1. The normalized spacial score (nSPS) is 12.4. The topological polar surface area (TPSA) is 52.6 Å². The largest absolute Gasteiger partial charge is 0.497 e. The summed E-state index contributed by atoms with van der Waals surface area (Å²) >= 11 is 0.